The predicted octanol–water partition coefficient (Wildman–Crippen LogP) is 2.00. The van der Waals surface area contributed by atoms with Crippen LogP contribution in [0.3, 0.4) is 0 Å². The summed E-state index contributed by atoms with van der Waals surface area (Å²) in [6.45, 7) is -0.594. The summed E-state index contributed by atoms with van der Waals surface area (Å²) in [5, 5.41) is 8.81. The molecule has 0 aliphatic heterocycles. The zero-order valence-corrected chi connectivity index (χ0v) is 10.7. The minimum atomic E-state index is -2.63. The lowest BCUT2D eigenvalue weighted by Gasteiger charge is -2.22. The SMILES string of the molecule is O=C(O)C1CC1C(=O)N(Cc1ccccc1)CC(F)F. The maximum Gasteiger partial charge on any atom is 0.307 e. The molecule has 1 saturated carbocycles. The molecule has 1 aromatic rings. The molecule has 1 amide bonds. The normalized spacial score (nSPS) is 20.8. The maximum atomic E-state index is 12.6. The number of carboxylic acids is 1. The molecule has 2 unspecified atom stereocenters. The van der Waals surface area contributed by atoms with Crippen LogP contribution in [-0.4, -0.2) is 34.9 Å². The molecule has 4 nitrogen and oxygen atoms in total. The van der Waals surface area contributed by atoms with E-state index in [0.29, 0.717) is 0 Å². The van der Waals surface area contributed by atoms with E-state index in [9.17, 15) is 18.4 Å². The molecule has 0 heterocycles. The Morgan fingerprint density at radius 1 is 1.25 bits per heavy atom. The summed E-state index contributed by atoms with van der Waals surface area (Å²) in [5.41, 5.74) is 0.744. The van der Waals surface area contributed by atoms with E-state index in [1.165, 1.54) is 0 Å². The molecule has 1 fully saturated rings. The van der Waals surface area contributed by atoms with Crippen molar-refractivity contribution in [1.29, 1.82) is 0 Å². The van der Waals surface area contributed by atoms with Gasteiger partial charge in [0.05, 0.1) is 18.4 Å². The van der Waals surface area contributed by atoms with Crippen molar-refractivity contribution in [2.45, 2.75) is 19.4 Å². The van der Waals surface area contributed by atoms with Crippen LogP contribution in [0.2, 0.25) is 0 Å². The van der Waals surface area contributed by atoms with E-state index in [2.05, 4.69) is 0 Å². The Morgan fingerprint density at radius 3 is 2.40 bits per heavy atom. The van der Waals surface area contributed by atoms with Gasteiger partial charge in [0, 0.05) is 6.54 Å². The van der Waals surface area contributed by atoms with E-state index in [1.807, 2.05) is 0 Å². The van der Waals surface area contributed by atoms with Crippen molar-refractivity contribution < 1.29 is 23.5 Å². The third-order valence-electron chi connectivity index (χ3n) is 3.31. The number of rotatable bonds is 6. The number of hydrogen-bond donors (Lipinski definition) is 1. The van der Waals surface area contributed by atoms with Gasteiger partial charge in [0.1, 0.15) is 0 Å². The lowest BCUT2D eigenvalue weighted by atomic mass is 10.2. The Kier molecular flexibility index (Phi) is 4.32. The summed E-state index contributed by atoms with van der Waals surface area (Å²) < 4.78 is 25.2. The molecule has 1 aliphatic carbocycles. The zero-order chi connectivity index (χ0) is 14.7. The van der Waals surface area contributed by atoms with Crippen LogP contribution in [0.1, 0.15) is 12.0 Å². The molecule has 108 valence electrons. The predicted molar refractivity (Wildman–Crippen MR) is 67.1 cm³/mol. The van der Waals surface area contributed by atoms with Crippen molar-refractivity contribution in [2.24, 2.45) is 11.8 Å². The Bertz CT molecular complexity index is 492. The van der Waals surface area contributed by atoms with Gasteiger partial charge >= 0.3 is 5.97 Å². The summed E-state index contributed by atoms with van der Waals surface area (Å²) in [6.07, 6.45) is -2.40. The van der Waals surface area contributed by atoms with E-state index < -0.39 is 36.7 Å². The van der Waals surface area contributed by atoms with Gasteiger partial charge in [-0.05, 0) is 12.0 Å². The van der Waals surface area contributed by atoms with Crippen LogP contribution in [0, 0.1) is 11.8 Å². The number of aliphatic carboxylic acids is 1. The molecule has 0 saturated heterocycles. The van der Waals surface area contributed by atoms with Gasteiger partial charge < -0.3 is 10.0 Å². The van der Waals surface area contributed by atoms with Crippen LogP contribution in [-0.2, 0) is 16.1 Å². The Labute approximate surface area is 115 Å². The number of halogens is 2. The largest absolute Gasteiger partial charge is 0.481 e. The molecule has 2 atom stereocenters. The highest BCUT2D eigenvalue weighted by Crippen LogP contribution is 2.40. The molecule has 1 aliphatic rings. The molecule has 0 aromatic heterocycles. The summed E-state index contributed by atoms with van der Waals surface area (Å²) in [7, 11) is 0. The highest BCUT2D eigenvalue weighted by atomic mass is 19.3. The average Bonchev–Trinajstić information content (AvgIpc) is 3.18. The number of carbonyl (C=O) groups excluding carboxylic acids is 1. The van der Waals surface area contributed by atoms with Crippen LogP contribution < -0.4 is 0 Å². The van der Waals surface area contributed by atoms with Crippen LogP contribution in [0.4, 0.5) is 8.78 Å². The first kappa shape index (κ1) is 14.4. The van der Waals surface area contributed by atoms with Crippen LogP contribution in [0.25, 0.3) is 0 Å². The van der Waals surface area contributed by atoms with Crippen molar-refractivity contribution >= 4 is 11.9 Å². The second kappa shape index (κ2) is 5.98. The maximum absolute atomic E-state index is 12.6. The number of amides is 1. The number of alkyl halides is 2. The van der Waals surface area contributed by atoms with Crippen LogP contribution in [0.5, 0.6) is 0 Å². The molecule has 0 radical (unpaired) electrons. The molecule has 2 rings (SSSR count). The summed E-state index contributed by atoms with van der Waals surface area (Å²) in [4.78, 5) is 23.9. The minimum absolute atomic E-state index is 0.0762. The smallest absolute Gasteiger partial charge is 0.307 e. The zero-order valence-electron chi connectivity index (χ0n) is 10.7. The quantitative estimate of drug-likeness (QED) is 0.868. The Hall–Kier alpha value is -1.98. The molecule has 0 spiro atoms. The summed E-state index contributed by atoms with van der Waals surface area (Å²) in [5.74, 6) is -2.92. The second-order valence-electron chi connectivity index (χ2n) is 4.88. The molecule has 6 heteroatoms. The third kappa shape index (κ3) is 3.53. The monoisotopic (exact) mass is 283 g/mol. The molecule has 1 aromatic carbocycles. The van der Waals surface area contributed by atoms with Gasteiger partial charge in [-0.1, -0.05) is 30.3 Å². The van der Waals surface area contributed by atoms with E-state index in [1.54, 1.807) is 30.3 Å². The van der Waals surface area contributed by atoms with Gasteiger partial charge in [0.15, 0.2) is 0 Å². The fraction of sp³-hybridized carbons (Fsp3) is 0.429. The third-order valence-corrected chi connectivity index (χ3v) is 3.31. The van der Waals surface area contributed by atoms with Crippen molar-refractivity contribution in [2.75, 3.05) is 6.54 Å². The van der Waals surface area contributed by atoms with Gasteiger partial charge in [-0.15, -0.1) is 0 Å². The van der Waals surface area contributed by atoms with Gasteiger partial charge in [-0.2, -0.15) is 0 Å². The highest BCUT2D eigenvalue weighted by Gasteiger charge is 2.50. The first-order valence-corrected chi connectivity index (χ1v) is 6.32. The van der Waals surface area contributed by atoms with E-state index in [-0.39, 0.29) is 13.0 Å². The number of nitrogens with zero attached hydrogens (tertiary/aromatic N) is 1. The number of hydrogen-bond acceptors (Lipinski definition) is 2. The Morgan fingerprint density at radius 2 is 1.90 bits per heavy atom. The van der Waals surface area contributed by atoms with Crippen molar-refractivity contribution in [3.63, 3.8) is 0 Å². The fourth-order valence-corrected chi connectivity index (χ4v) is 2.18. The average molecular weight is 283 g/mol. The number of carbonyl (C=O) groups is 2. The lowest BCUT2D eigenvalue weighted by molar-refractivity contribution is -0.142. The van der Waals surface area contributed by atoms with E-state index in [0.717, 1.165) is 10.5 Å². The van der Waals surface area contributed by atoms with Crippen molar-refractivity contribution in [1.82, 2.24) is 4.90 Å². The molecular weight excluding hydrogens is 268 g/mol. The van der Waals surface area contributed by atoms with E-state index >= 15 is 0 Å². The highest BCUT2D eigenvalue weighted by molar-refractivity contribution is 5.89. The first-order valence-electron chi connectivity index (χ1n) is 6.32. The molecule has 1 N–H and O–H groups in total. The second-order valence-corrected chi connectivity index (χ2v) is 4.88. The van der Waals surface area contributed by atoms with Gasteiger partial charge in [0.25, 0.3) is 6.43 Å². The summed E-state index contributed by atoms with van der Waals surface area (Å²) in [6, 6.07) is 8.81. The standard InChI is InChI=1S/C14H15F2NO3/c15-12(16)8-17(7-9-4-2-1-3-5-9)13(18)10-6-11(10)14(19)20/h1-5,10-12H,6-8H2,(H,19,20). The van der Waals surface area contributed by atoms with Crippen LogP contribution >= 0.6 is 0 Å². The lowest BCUT2D eigenvalue weighted by Crippen LogP contribution is -2.36. The number of benzene rings is 1. The topological polar surface area (TPSA) is 57.6 Å². The summed E-state index contributed by atoms with van der Waals surface area (Å²) >= 11 is 0. The van der Waals surface area contributed by atoms with E-state index in [4.69, 9.17) is 5.11 Å². The minimum Gasteiger partial charge on any atom is -0.481 e. The van der Waals surface area contributed by atoms with Crippen LogP contribution in [0.15, 0.2) is 30.3 Å². The molecular formula is C14H15F2NO3. The first-order chi connectivity index (χ1) is 9.49. The Balaban J connectivity index is 2.04. The van der Waals surface area contributed by atoms with Crippen molar-refractivity contribution in [3.8, 4) is 0 Å². The van der Waals surface area contributed by atoms with Crippen molar-refractivity contribution in [3.05, 3.63) is 35.9 Å². The number of carboxylic acid groups (broad SMARTS) is 1. The fourth-order valence-electron chi connectivity index (χ4n) is 2.18. The molecule has 0 bridgehead atoms. The van der Waals surface area contributed by atoms with Gasteiger partial charge in [-0.25, -0.2) is 8.78 Å². The van der Waals surface area contributed by atoms with Gasteiger partial charge in [0.2, 0.25) is 5.91 Å². The van der Waals surface area contributed by atoms with Gasteiger partial charge in [-0.3, -0.25) is 9.59 Å². The molecule has 20 heavy (non-hydrogen) atoms.